The number of halogens is 2. The number of hydrogen-bond donors (Lipinski definition) is 1. The summed E-state index contributed by atoms with van der Waals surface area (Å²) in [7, 11) is 0. The standard InChI is InChI=1S/C12H12F2N2O/c1-12(2,7-15)8-3-5-9(6-4-8)16-11(17)10(13)14/h3-6,10H,1-2H3,(H,16,17). The lowest BCUT2D eigenvalue weighted by atomic mass is 9.86. The van der Waals surface area contributed by atoms with Crippen molar-refractivity contribution in [3.63, 3.8) is 0 Å². The van der Waals surface area contributed by atoms with Crippen LogP contribution in [0.5, 0.6) is 0 Å². The first-order valence-electron chi connectivity index (χ1n) is 4.97. The minimum Gasteiger partial charge on any atom is -0.321 e. The van der Waals surface area contributed by atoms with Gasteiger partial charge in [-0.15, -0.1) is 0 Å². The number of carbonyl (C=O) groups is 1. The van der Waals surface area contributed by atoms with Crippen molar-refractivity contribution in [1.82, 2.24) is 0 Å². The molecule has 3 nitrogen and oxygen atoms in total. The largest absolute Gasteiger partial charge is 0.321 e. The monoisotopic (exact) mass is 238 g/mol. The number of benzene rings is 1. The maximum Gasteiger partial charge on any atom is 0.315 e. The molecular weight excluding hydrogens is 226 g/mol. The summed E-state index contributed by atoms with van der Waals surface area (Å²) in [6, 6.07) is 8.38. The molecule has 5 heteroatoms. The van der Waals surface area contributed by atoms with E-state index < -0.39 is 17.7 Å². The van der Waals surface area contributed by atoms with E-state index in [0.29, 0.717) is 0 Å². The number of nitrogens with zero attached hydrogens (tertiary/aromatic N) is 1. The van der Waals surface area contributed by atoms with Crippen LogP contribution < -0.4 is 5.32 Å². The van der Waals surface area contributed by atoms with Crippen LogP contribution in [0.4, 0.5) is 14.5 Å². The molecule has 90 valence electrons. The van der Waals surface area contributed by atoms with Gasteiger partial charge >= 0.3 is 6.43 Å². The molecule has 1 aromatic rings. The van der Waals surface area contributed by atoms with Gasteiger partial charge in [0, 0.05) is 5.69 Å². The van der Waals surface area contributed by atoms with E-state index >= 15 is 0 Å². The van der Waals surface area contributed by atoms with Crippen LogP contribution in [-0.2, 0) is 10.2 Å². The second-order valence-electron chi connectivity index (χ2n) is 4.10. The van der Waals surface area contributed by atoms with Crippen LogP contribution in [0, 0.1) is 11.3 Å². The van der Waals surface area contributed by atoms with Crippen LogP contribution in [0.25, 0.3) is 0 Å². The molecule has 0 aromatic heterocycles. The van der Waals surface area contributed by atoms with Crippen LogP contribution in [0.1, 0.15) is 19.4 Å². The summed E-state index contributed by atoms with van der Waals surface area (Å²) < 4.78 is 24.0. The molecule has 0 heterocycles. The third kappa shape index (κ3) is 3.25. The summed E-state index contributed by atoms with van der Waals surface area (Å²) in [6.07, 6.45) is -3.04. The van der Waals surface area contributed by atoms with E-state index in [4.69, 9.17) is 5.26 Å². The zero-order valence-corrected chi connectivity index (χ0v) is 9.50. The Balaban J connectivity index is 2.83. The number of hydrogen-bond acceptors (Lipinski definition) is 2. The summed E-state index contributed by atoms with van der Waals surface area (Å²) in [5.74, 6) is -1.34. The summed E-state index contributed by atoms with van der Waals surface area (Å²) in [4.78, 5) is 10.7. The smallest absolute Gasteiger partial charge is 0.315 e. The Labute approximate surface area is 98.1 Å². The third-order valence-electron chi connectivity index (χ3n) is 2.35. The Morgan fingerprint density at radius 1 is 1.35 bits per heavy atom. The highest BCUT2D eigenvalue weighted by Crippen LogP contribution is 2.23. The molecule has 1 amide bonds. The number of nitriles is 1. The number of anilines is 1. The average molecular weight is 238 g/mol. The molecule has 1 rings (SSSR count). The molecule has 0 aliphatic rings. The predicted molar refractivity (Wildman–Crippen MR) is 59.7 cm³/mol. The van der Waals surface area contributed by atoms with Gasteiger partial charge in [-0.3, -0.25) is 4.79 Å². The van der Waals surface area contributed by atoms with Gasteiger partial charge in [0.1, 0.15) is 0 Å². The van der Waals surface area contributed by atoms with E-state index in [-0.39, 0.29) is 5.69 Å². The number of amides is 1. The predicted octanol–water partition coefficient (Wildman–Crippen LogP) is 2.69. The number of rotatable bonds is 3. The summed E-state index contributed by atoms with van der Waals surface area (Å²) in [6.45, 7) is 3.50. The molecule has 0 aliphatic carbocycles. The van der Waals surface area contributed by atoms with Crippen LogP contribution in [0.2, 0.25) is 0 Å². The lowest BCUT2D eigenvalue weighted by molar-refractivity contribution is -0.126. The molecule has 0 atom stereocenters. The average Bonchev–Trinajstić information content (AvgIpc) is 2.29. The van der Waals surface area contributed by atoms with Gasteiger partial charge in [-0.2, -0.15) is 14.0 Å². The van der Waals surface area contributed by atoms with Gasteiger partial charge in [-0.1, -0.05) is 12.1 Å². The summed E-state index contributed by atoms with van der Waals surface area (Å²) >= 11 is 0. The maximum absolute atomic E-state index is 12.0. The lowest BCUT2D eigenvalue weighted by Crippen LogP contribution is -2.20. The fourth-order valence-corrected chi connectivity index (χ4v) is 1.23. The maximum atomic E-state index is 12.0. The molecular formula is C12H12F2N2O. The van der Waals surface area contributed by atoms with Gasteiger partial charge in [0.05, 0.1) is 11.5 Å². The Hall–Kier alpha value is -1.96. The van der Waals surface area contributed by atoms with Crippen molar-refractivity contribution in [2.45, 2.75) is 25.7 Å². The fraction of sp³-hybridized carbons (Fsp3) is 0.333. The van der Waals surface area contributed by atoms with Crippen LogP contribution in [0.15, 0.2) is 24.3 Å². The Morgan fingerprint density at radius 2 is 1.88 bits per heavy atom. The van der Waals surface area contributed by atoms with Crippen LogP contribution >= 0.6 is 0 Å². The molecule has 0 aliphatic heterocycles. The third-order valence-corrected chi connectivity index (χ3v) is 2.35. The summed E-state index contributed by atoms with van der Waals surface area (Å²) in [5.41, 5.74) is 0.397. The molecule has 0 unspecified atom stereocenters. The zero-order chi connectivity index (χ0) is 13.1. The minimum atomic E-state index is -3.04. The zero-order valence-electron chi connectivity index (χ0n) is 9.50. The Bertz CT molecular complexity index is 447. The highest BCUT2D eigenvalue weighted by Gasteiger charge is 2.20. The number of nitrogens with one attached hydrogen (secondary N) is 1. The van der Waals surface area contributed by atoms with Crippen molar-refractivity contribution in [2.24, 2.45) is 0 Å². The van der Waals surface area contributed by atoms with Crippen molar-refractivity contribution >= 4 is 11.6 Å². The van der Waals surface area contributed by atoms with Gasteiger partial charge in [0.2, 0.25) is 0 Å². The first kappa shape index (κ1) is 13.1. The minimum absolute atomic E-state index is 0.285. The Morgan fingerprint density at radius 3 is 2.29 bits per heavy atom. The highest BCUT2D eigenvalue weighted by atomic mass is 19.3. The molecule has 0 bridgehead atoms. The van der Waals surface area contributed by atoms with E-state index in [1.54, 1.807) is 26.0 Å². The van der Waals surface area contributed by atoms with Gasteiger partial charge in [0.25, 0.3) is 5.91 Å². The van der Waals surface area contributed by atoms with Crippen molar-refractivity contribution in [2.75, 3.05) is 5.32 Å². The van der Waals surface area contributed by atoms with Gasteiger partial charge in [-0.05, 0) is 31.5 Å². The van der Waals surface area contributed by atoms with Crippen LogP contribution in [0.3, 0.4) is 0 Å². The molecule has 0 saturated heterocycles. The van der Waals surface area contributed by atoms with Crippen molar-refractivity contribution in [1.29, 1.82) is 5.26 Å². The molecule has 1 N–H and O–H groups in total. The molecule has 1 aromatic carbocycles. The van der Waals surface area contributed by atoms with E-state index in [0.717, 1.165) is 5.56 Å². The molecule has 17 heavy (non-hydrogen) atoms. The van der Waals surface area contributed by atoms with Crippen molar-refractivity contribution in [3.05, 3.63) is 29.8 Å². The van der Waals surface area contributed by atoms with E-state index in [1.807, 2.05) is 0 Å². The molecule has 0 fully saturated rings. The van der Waals surface area contributed by atoms with E-state index in [1.165, 1.54) is 12.1 Å². The van der Waals surface area contributed by atoms with Gasteiger partial charge in [0.15, 0.2) is 0 Å². The van der Waals surface area contributed by atoms with Gasteiger partial charge < -0.3 is 5.32 Å². The van der Waals surface area contributed by atoms with Crippen molar-refractivity contribution in [3.8, 4) is 6.07 Å². The number of carbonyl (C=O) groups excluding carboxylic acids is 1. The molecule has 0 spiro atoms. The first-order chi connectivity index (χ1) is 7.86. The fourth-order valence-electron chi connectivity index (χ4n) is 1.23. The van der Waals surface area contributed by atoms with Crippen LogP contribution in [-0.4, -0.2) is 12.3 Å². The Kier molecular flexibility index (Phi) is 3.79. The highest BCUT2D eigenvalue weighted by molar-refractivity contribution is 5.93. The van der Waals surface area contributed by atoms with E-state index in [2.05, 4.69) is 11.4 Å². The van der Waals surface area contributed by atoms with Crippen molar-refractivity contribution < 1.29 is 13.6 Å². The quantitative estimate of drug-likeness (QED) is 0.880. The molecule has 0 saturated carbocycles. The SMILES string of the molecule is CC(C)(C#N)c1ccc(NC(=O)C(F)F)cc1. The normalized spacial score (nSPS) is 11.1. The number of alkyl halides is 2. The summed E-state index contributed by atoms with van der Waals surface area (Å²) in [5, 5.41) is 11.0. The lowest BCUT2D eigenvalue weighted by Gasteiger charge is -2.16. The second-order valence-corrected chi connectivity index (χ2v) is 4.10. The van der Waals surface area contributed by atoms with E-state index in [9.17, 15) is 13.6 Å². The van der Waals surface area contributed by atoms with Gasteiger partial charge in [-0.25, -0.2) is 0 Å². The molecule has 0 radical (unpaired) electrons. The first-order valence-corrected chi connectivity index (χ1v) is 4.97. The topological polar surface area (TPSA) is 52.9 Å². The second kappa shape index (κ2) is 4.91.